The first-order chi connectivity index (χ1) is 9.15. The lowest BCUT2D eigenvalue weighted by atomic mass is 10.1. The summed E-state index contributed by atoms with van der Waals surface area (Å²) in [6.45, 7) is 4.93. The van der Waals surface area contributed by atoms with Gasteiger partial charge < -0.3 is 10.6 Å². The summed E-state index contributed by atoms with van der Waals surface area (Å²) in [6.07, 6.45) is 5.47. The Morgan fingerprint density at radius 1 is 1.53 bits per heavy atom. The minimum Gasteiger partial charge on any atom is -0.338 e. The number of thiazole rings is 1. The highest BCUT2D eigenvalue weighted by Gasteiger charge is 2.24. The van der Waals surface area contributed by atoms with Crippen LogP contribution >= 0.6 is 11.3 Å². The largest absolute Gasteiger partial charge is 0.338 e. The number of carbonyl (C=O) groups is 1. The smallest absolute Gasteiger partial charge is 0.315 e. The van der Waals surface area contributed by atoms with Crippen LogP contribution in [0.4, 0.5) is 4.79 Å². The Morgan fingerprint density at radius 2 is 2.37 bits per heavy atom. The second-order valence-electron chi connectivity index (χ2n) is 5.40. The number of carbonyl (C=O) groups excluding carboxylic acids is 1. The molecule has 0 aliphatic heterocycles. The maximum Gasteiger partial charge on any atom is 0.315 e. The molecule has 1 aromatic rings. The molecular formula is C14H23N3OS. The molecular weight excluding hydrogens is 258 g/mol. The van der Waals surface area contributed by atoms with Crippen LogP contribution < -0.4 is 10.6 Å². The molecule has 2 N–H and O–H groups in total. The van der Waals surface area contributed by atoms with Crippen LogP contribution in [0.3, 0.4) is 0 Å². The third kappa shape index (κ3) is 4.49. The van der Waals surface area contributed by atoms with E-state index in [1.165, 1.54) is 12.8 Å². The van der Waals surface area contributed by atoms with E-state index in [0.717, 1.165) is 30.0 Å². The Bertz CT molecular complexity index is 419. The van der Waals surface area contributed by atoms with Gasteiger partial charge >= 0.3 is 6.03 Å². The second-order valence-corrected chi connectivity index (χ2v) is 6.34. The molecule has 1 aromatic heterocycles. The van der Waals surface area contributed by atoms with Gasteiger partial charge in [0.2, 0.25) is 0 Å². The van der Waals surface area contributed by atoms with Crippen molar-refractivity contribution >= 4 is 17.4 Å². The highest BCUT2D eigenvalue weighted by atomic mass is 32.1. The Labute approximate surface area is 119 Å². The first kappa shape index (κ1) is 14.3. The molecule has 4 nitrogen and oxygen atoms in total. The molecule has 106 valence electrons. The molecule has 0 spiro atoms. The van der Waals surface area contributed by atoms with Gasteiger partial charge in [-0.15, -0.1) is 11.3 Å². The average molecular weight is 281 g/mol. The van der Waals surface area contributed by atoms with E-state index in [0.29, 0.717) is 18.5 Å². The van der Waals surface area contributed by atoms with Gasteiger partial charge in [-0.25, -0.2) is 9.78 Å². The molecule has 1 heterocycles. The zero-order valence-corrected chi connectivity index (χ0v) is 12.6. The number of nitrogens with one attached hydrogen (secondary N) is 2. The lowest BCUT2D eigenvalue weighted by Gasteiger charge is -2.17. The van der Waals surface area contributed by atoms with Crippen LogP contribution in [0.15, 0.2) is 5.38 Å². The summed E-state index contributed by atoms with van der Waals surface area (Å²) in [7, 11) is 0. The first-order valence-electron chi connectivity index (χ1n) is 7.10. The van der Waals surface area contributed by atoms with Crippen molar-refractivity contribution in [3.63, 3.8) is 0 Å². The number of amides is 2. The van der Waals surface area contributed by atoms with E-state index in [2.05, 4.69) is 27.9 Å². The maximum absolute atomic E-state index is 11.7. The third-order valence-corrected chi connectivity index (χ3v) is 4.72. The van der Waals surface area contributed by atoms with Gasteiger partial charge in [-0.1, -0.05) is 13.3 Å². The van der Waals surface area contributed by atoms with Crippen LogP contribution in [-0.2, 0) is 6.42 Å². The number of hydrogen-bond donors (Lipinski definition) is 2. The highest BCUT2D eigenvalue weighted by molar-refractivity contribution is 7.09. The van der Waals surface area contributed by atoms with Crippen molar-refractivity contribution in [2.75, 3.05) is 6.54 Å². The molecule has 19 heavy (non-hydrogen) atoms. The average Bonchev–Trinajstić information content (AvgIpc) is 2.95. The van der Waals surface area contributed by atoms with Gasteiger partial charge in [0.05, 0.1) is 5.01 Å². The Hall–Kier alpha value is -1.10. The quantitative estimate of drug-likeness (QED) is 0.815. The van der Waals surface area contributed by atoms with Gasteiger partial charge in [-0.3, -0.25) is 0 Å². The van der Waals surface area contributed by atoms with Crippen LogP contribution in [0.1, 0.15) is 43.3 Å². The van der Waals surface area contributed by atoms with Gasteiger partial charge in [0, 0.05) is 30.1 Å². The van der Waals surface area contributed by atoms with Crippen molar-refractivity contribution < 1.29 is 4.79 Å². The molecule has 1 saturated carbocycles. The molecule has 0 bridgehead atoms. The molecule has 2 rings (SSSR count). The predicted octanol–water partition coefficient (Wildman–Crippen LogP) is 2.87. The number of hydrogen-bond acceptors (Lipinski definition) is 3. The van der Waals surface area contributed by atoms with Gasteiger partial charge in [0.1, 0.15) is 0 Å². The standard InChI is InChI=1S/C14H23N3OS/c1-10-5-3-6-12(10)17-14(18)15-8-4-7-13-16-11(2)9-19-13/h9-10,12H,3-8H2,1-2H3,(H2,15,17,18)/t10-,12-/m0/s1. The Kier molecular flexibility index (Phi) is 5.19. The van der Waals surface area contributed by atoms with Gasteiger partial charge in [-0.05, 0) is 32.1 Å². The monoisotopic (exact) mass is 281 g/mol. The summed E-state index contributed by atoms with van der Waals surface area (Å²) in [5.41, 5.74) is 1.08. The van der Waals surface area contributed by atoms with Crippen molar-refractivity contribution in [1.82, 2.24) is 15.6 Å². The van der Waals surface area contributed by atoms with Crippen LogP contribution in [0, 0.1) is 12.8 Å². The molecule has 1 aliphatic rings. The van der Waals surface area contributed by atoms with Crippen LogP contribution in [0.2, 0.25) is 0 Å². The first-order valence-corrected chi connectivity index (χ1v) is 7.98. The summed E-state index contributed by atoms with van der Waals surface area (Å²) < 4.78 is 0. The van der Waals surface area contributed by atoms with E-state index in [1.807, 2.05) is 6.92 Å². The molecule has 5 heteroatoms. The fourth-order valence-corrected chi connectivity index (χ4v) is 3.36. The normalized spacial score (nSPS) is 22.4. The molecule has 2 atom stereocenters. The Balaban J connectivity index is 1.59. The number of aryl methyl sites for hydroxylation is 2. The van der Waals surface area contributed by atoms with Crippen LogP contribution in [0.25, 0.3) is 0 Å². The van der Waals surface area contributed by atoms with Crippen LogP contribution in [-0.4, -0.2) is 23.6 Å². The Morgan fingerprint density at radius 3 is 3.00 bits per heavy atom. The SMILES string of the molecule is Cc1csc(CCCNC(=O)N[C@H]2CCC[C@@H]2C)n1. The van der Waals surface area contributed by atoms with E-state index in [1.54, 1.807) is 11.3 Å². The number of rotatable bonds is 5. The fraction of sp³-hybridized carbons (Fsp3) is 0.714. The lowest BCUT2D eigenvalue weighted by Crippen LogP contribution is -2.43. The zero-order valence-electron chi connectivity index (χ0n) is 11.7. The van der Waals surface area contributed by atoms with Crippen molar-refractivity contribution in [1.29, 1.82) is 0 Å². The highest BCUT2D eigenvalue weighted by Crippen LogP contribution is 2.24. The van der Waals surface area contributed by atoms with Crippen molar-refractivity contribution in [3.05, 3.63) is 16.1 Å². The van der Waals surface area contributed by atoms with Gasteiger partial charge in [0.15, 0.2) is 0 Å². The van der Waals surface area contributed by atoms with E-state index >= 15 is 0 Å². The predicted molar refractivity (Wildman–Crippen MR) is 78.5 cm³/mol. The third-order valence-electron chi connectivity index (χ3n) is 3.70. The van der Waals surface area contributed by atoms with Crippen LogP contribution in [0.5, 0.6) is 0 Å². The van der Waals surface area contributed by atoms with E-state index in [-0.39, 0.29) is 6.03 Å². The van der Waals surface area contributed by atoms with E-state index < -0.39 is 0 Å². The molecule has 0 aromatic carbocycles. The summed E-state index contributed by atoms with van der Waals surface area (Å²) in [4.78, 5) is 16.1. The minimum atomic E-state index is -0.0194. The topological polar surface area (TPSA) is 54.0 Å². The molecule has 1 fully saturated rings. The van der Waals surface area contributed by atoms with Crippen molar-refractivity contribution in [2.45, 2.75) is 52.0 Å². The number of nitrogens with zero attached hydrogens (tertiary/aromatic N) is 1. The molecule has 1 aliphatic carbocycles. The van der Waals surface area contributed by atoms with Gasteiger partial charge in [0.25, 0.3) is 0 Å². The maximum atomic E-state index is 11.7. The summed E-state index contributed by atoms with van der Waals surface area (Å²) in [5, 5.41) is 9.23. The van der Waals surface area contributed by atoms with Crippen molar-refractivity contribution in [3.8, 4) is 0 Å². The van der Waals surface area contributed by atoms with E-state index in [9.17, 15) is 4.79 Å². The lowest BCUT2D eigenvalue weighted by molar-refractivity contribution is 0.234. The van der Waals surface area contributed by atoms with Crippen molar-refractivity contribution in [2.24, 2.45) is 5.92 Å². The van der Waals surface area contributed by atoms with E-state index in [4.69, 9.17) is 0 Å². The van der Waals surface area contributed by atoms with Gasteiger partial charge in [-0.2, -0.15) is 0 Å². The zero-order chi connectivity index (χ0) is 13.7. The molecule has 0 saturated heterocycles. The molecule has 2 amide bonds. The second kappa shape index (κ2) is 6.89. The molecule has 0 unspecified atom stereocenters. The summed E-state index contributed by atoms with van der Waals surface area (Å²) in [5.74, 6) is 0.615. The summed E-state index contributed by atoms with van der Waals surface area (Å²) >= 11 is 1.70. The minimum absolute atomic E-state index is 0.0194. The number of aromatic nitrogens is 1. The fourth-order valence-electron chi connectivity index (χ4n) is 2.54. The summed E-state index contributed by atoms with van der Waals surface area (Å²) in [6, 6.07) is 0.343. The molecule has 0 radical (unpaired) electrons. The number of urea groups is 1.